The minimum atomic E-state index is -0.239. The van der Waals surface area contributed by atoms with Gasteiger partial charge in [-0.05, 0) is 49.7 Å². The van der Waals surface area contributed by atoms with Crippen LogP contribution in [0.3, 0.4) is 0 Å². The van der Waals surface area contributed by atoms with Crippen molar-refractivity contribution in [1.29, 1.82) is 0 Å². The summed E-state index contributed by atoms with van der Waals surface area (Å²) in [7, 11) is 2.98. The van der Waals surface area contributed by atoms with Crippen molar-refractivity contribution in [3.05, 3.63) is 22.3 Å². The molecule has 2 saturated carbocycles. The van der Waals surface area contributed by atoms with Crippen LogP contribution in [0.15, 0.2) is 22.3 Å². The number of carbonyl (C=O) groups excluding carboxylic acids is 2. The van der Waals surface area contributed by atoms with Crippen LogP contribution >= 0.6 is 0 Å². The van der Waals surface area contributed by atoms with Gasteiger partial charge in [0.25, 0.3) is 0 Å². The highest BCUT2D eigenvalue weighted by Crippen LogP contribution is 2.81. The van der Waals surface area contributed by atoms with Crippen LogP contribution in [0.2, 0.25) is 0 Å². The number of carbonyl (C=O) groups is 2. The summed E-state index contributed by atoms with van der Waals surface area (Å²) in [5.41, 5.74) is 3.74. The lowest BCUT2D eigenvalue weighted by molar-refractivity contribution is -0.147. The van der Waals surface area contributed by atoms with Crippen LogP contribution in [-0.4, -0.2) is 26.2 Å². The summed E-state index contributed by atoms with van der Waals surface area (Å²) >= 11 is 0. The third-order valence-corrected chi connectivity index (χ3v) is 7.45. The summed E-state index contributed by atoms with van der Waals surface area (Å²) in [6.07, 6.45) is 13.0. The summed E-state index contributed by atoms with van der Waals surface area (Å²) in [4.78, 5) is 25.6. The Balaban J connectivity index is 1.91. The second-order valence-corrected chi connectivity index (χ2v) is 8.33. The van der Waals surface area contributed by atoms with Gasteiger partial charge in [0, 0.05) is 22.0 Å². The zero-order valence-electron chi connectivity index (χ0n) is 16.1. The van der Waals surface area contributed by atoms with Gasteiger partial charge in [0.1, 0.15) is 0 Å². The Morgan fingerprint density at radius 2 is 1.04 bits per heavy atom. The number of allylic oxidation sites excluding steroid dienone is 2. The van der Waals surface area contributed by atoms with Crippen LogP contribution in [0, 0.1) is 10.8 Å². The summed E-state index contributed by atoms with van der Waals surface area (Å²) < 4.78 is 10.5. The molecule has 0 N–H and O–H groups in total. The Labute approximate surface area is 156 Å². The van der Waals surface area contributed by atoms with Crippen molar-refractivity contribution in [3.63, 3.8) is 0 Å². The molecule has 0 amide bonds. The Kier molecular flexibility index (Phi) is 4.48. The third kappa shape index (κ3) is 2.02. The van der Waals surface area contributed by atoms with Gasteiger partial charge >= 0.3 is 11.9 Å². The van der Waals surface area contributed by atoms with Crippen LogP contribution in [0.1, 0.15) is 77.0 Å². The molecule has 142 valence electrons. The lowest BCUT2D eigenvalue weighted by Gasteiger charge is -2.70. The van der Waals surface area contributed by atoms with Crippen molar-refractivity contribution >= 4 is 11.9 Å². The van der Waals surface area contributed by atoms with Gasteiger partial charge < -0.3 is 9.47 Å². The zero-order valence-corrected chi connectivity index (χ0v) is 16.1. The van der Waals surface area contributed by atoms with Crippen LogP contribution in [-0.2, 0) is 19.1 Å². The van der Waals surface area contributed by atoms with E-state index in [4.69, 9.17) is 9.47 Å². The van der Waals surface area contributed by atoms with E-state index in [2.05, 4.69) is 0 Å². The number of hydrogen-bond acceptors (Lipinski definition) is 4. The molecular weight excluding hydrogens is 328 g/mol. The normalized spacial score (nSPS) is 33.8. The molecule has 0 aromatic carbocycles. The minimum Gasteiger partial charge on any atom is -0.466 e. The first-order chi connectivity index (χ1) is 12.6. The first-order valence-corrected chi connectivity index (χ1v) is 10.3. The van der Waals surface area contributed by atoms with Gasteiger partial charge in [-0.3, -0.25) is 0 Å². The predicted octanol–water partition coefficient (Wildman–Crippen LogP) is 4.63. The highest BCUT2D eigenvalue weighted by molar-refractivity contribution is 6.05. The largest absolute Gasteiger partial charge is 0.466 e. The Hall–Kier alpha value is -1.58. The van der Waals surface area contributed by atoms with Crippen LogP contribution in [0.5, 0.6) is 0 Å². The van der Waals surface area contributed by atoms with Gasteiger partial charge in [-0.1, -0.05) is 38.5 Å². The smallest absolute Gasteiger partial charge is 0.334 e. The maximum absolute atomic E-state index is 12.8. The van der Waals surface area contributed by atoms with Crippen molar-refractivity contribution in [2.24, 2.45) is 10.8 Å². The maximum atomic E-state index is 12.8. The fraction of sp³-hybridized carbons (Fsp3) is 0.727. The van der Waals surface area contributed by atoms with Crippen LogP contribution in [0.25, 0.3) is 0 Å². The molecule has 4 aliphatic rings. The number of hydrogen-bond donors (Lipinski definition) is 0. The molecule has 4 rings (SSSR count). The van der Waals surface area contributed by atoms with Crippen molar-refractivity contribution in [2.45, 2.75) is 77.0 Å². The molecule has 0 heterocycles. The molecule has 26 heavy (non-hydrogen) atoms. The number of rotatable bonds is 2. The molecule has 2 spiro atoms. The maximum Gasteiger partial charge on any atom is 0.334 e. The molecule has 0 aliphatic heterocycles. The molecule has 0 saturated heterocycles. The quantitative estimate of drug-likeness (QED) is 0.675. The SMILES string of the molecule is COC(=O)C1=C2CCCCCCC23C(C(=O)OC)=C2CCCCCCC213. The number of esters is 2. The summed E-state index contributed by atoms with van der Waals surface area (Å²) in [6, 6.07) is 0. The zero-order chi connectivity index (χ0) is 18.4. The van der Waals surface area contributed by atoms with Gasteiger partial charge in [0.15, 0.2) is 0 Å². The minimum absolute atomic E-state index is 0.168. The third-order valence-electron chi connectivity index (χ3n) is 7.45. The average Bonchev–Trinajstić information content (AvgIpc) is 2.61. The molecule has 4 aliphatic carbocycles. The molecule has 0 aromatic heterocycles. The number of methoxy groups -OCH3 is 2. The van der Waals surface area contributed by atoms with Crippen molar-refractivity contribution in [3.8, 4) is 0 Å². The highest BCUT2D eigenvalue weighted by atomic mass is 16.5. The standard InChI is InChI=1S/C22H30O4/c1-25-19(23)17-15-11-7-3-6-10-14-22(15)18(20(24)26-2)16-12-8-4-5-9-13-21(16,17)22/h3-14H2,1-2H3. The molecule has 4 nitrogen and oxygen atoms in total. The van der Waals surface area contributed by atoms with E-state index in [0.717, 1.165) is 62.5 Å². The molecule has 2 atom stereocenters. The second-order valence-electron chi connectivity index (χ2n) is 8.33. The van der Waals surface area contributed by atoms with E-state index >= 15 is 0 Å². The topological polar surface area (TPSA) is 52.6 Å². The van der Waals surface area contributed by atoms with E-state index in [9.17, 15) is 9.59 Å². The molecular formula is C22H30O4. The van der Waals surface area contributed by atoms with E-state index in [1.165, 1.54) is 51.0 Å². The lowest BCUT2D eigenvalue weighted by atomic mass is 9.30. The summed E-state index contributed by atoms with van der Waals surface area (Å²) in [5.74, 6) is -0.337. The first-order valence-electron chi connectivity index (χ1n) is 10.3. The highest BCUT2D eigenvalue weighted by Gasteiger charge is 2.76. The van der Waals surface area contributed by atoms with Crippen molar-refractivity contribution in [1.82, 2.24) is 0 Å². The van der Waals surface area contributed by atoms with E-state index < -0.39 is 0 Å². The van der Waals surface area contributed by atoms with E-state index in [1.807, 2.05) is 0 Å². The average molecular weight is 358 g/mol. The van der Waals surface area contributed by atoms with Gasteiger partial charge in [-0.2, -0.15) is 0 Å². The van der Waals surface area contributed by atoms with E-state index in [0.29, 0.717) is 0 Å². The monoisotopic (exact) mass is 358 g/mol. The molecule has 2 unspecified atom stereocenters. The van der Waals surface area contributed by atoms with Crippen molar-refractivity contribution < 1.29 is 19.1 Å². The van der Waals surface area contributed by atoms with Crippen molar-refractivity contribution in [2.75, 3.05) is 14.2 Å². The van der Waals surface area contributed by atoms with Crippen LogP contribution < -0.4 is 0 Å². The van der Waals surface area contributed by atoms with E-state index in [-0.39, 0.29) is 22.8 Å². The molecule has 0 radical (unpaired) electrons. The Morgan fingerprint density at radius 3 is 1.42 bits per heavy atom. The number of ether oxygens (including phenoxy) is 2. The van der Waals surface area contributed by atoms with Gasteiger partial charge in [-0.15, -0.1) is 0 Å². The molecule has 4 heteroatoms. The lowest BCUT2D eigenvalue weighted by Crippen LogP contribution is -2.66. The van der Waals surface area contributed by atoms with E-state index in [1.54, 1.807) is 0 Å². The first kappa shape index (κ1) is 17.8. The fourth-order valence-corrected chi connectivity index (χ4v) is 6.61. The second kappa shape index (κ2) is 6.54. The summed E-state index contributed by atoms with van der Waals surface area (Å²) in [6.45, 7) is 0. The van der Waals surface area contributed by atoms with Gasteiger partial charge in [-0.25, -0.2) is 9.59 Å². The molecule has 0 bridgehead atoms. The Bertz CT molecular complexity index is 641. The predicted molar refractivity (Wildman–Crippen MR) is 98.4 cm³/mol. The van der Waals surface area contributed by atoms with Gasteiger partial charge in [0.05, 0.1) is 14.2 Å². The van der Waals surface area contributed by atoms with Gasteiger partial charge in [0.2, 0.25) is 0 Å². The molecule has 0 aromatic rings. The fourth-order valence-electron chi connectivity index (χ4n) is 6.61. The summed E-state index contributed by atoms with van der Waals surface area (Å²) in [5, 5.41) is 0. The van der Waals surface area contributed by atoms with Crippen LogP contribution in [0.4, 0.5) is 0 Å². The Morgan fingerprint density at radius 1 is 0.654 bits per heavy atom. The molecule has 2 fully saturated rings.